The number of hydrogen-bond donors (Lipinski definition) is 3. The molecule has 3 fully saturated rings. The predicted octanol–water partition coefficient (Wildman–Crippen LogP) is 4.95. The smallest absolute Gasteiger partial charge is 0.311 e. The molecular formula is C25H26ClFN6O2S. The van der Waals surface area contributed by atoms with Crippen LogP contribution in [-0.4, -0.2) is 49.9 Å². The lowest BCUT2D eigenvalue weighted by molar-refractivity contribution is -0.160. The molecule has 3 saturated carbocycles. The number of aromatic nitrogens is 3. The van der Waals surface area contributed by atoms with Crippen molar-refractivity contribution in [2.75, 3.05) is 0 Å². The van der Waals surface area contributed by atoms with E-state index in [1.807, 2.05) is 17.5 Å². The van der Waals surface area contributed by atoms with Gasteiger partial charge >= 0.3 is 5.97 Å². The maximum atomic E-state index is 16.4. The van der Waals surface area contributed by atoms with E-state index in [9.17, 15) is 9.90 Å². The second-order valence-electron chi connectivity index (χ2n) is 10.3. The molecule has 4 aliphatic rings. The van der Waals surface area contributed by atoms with Gasteiger partial charge in [0.25, 0.3) is 0 Å². The second-order valence-corrected chi connectivity index (χ2v) is 11.7. The minimum atomic E-state index is -1.58. The Labute approximate surface area is 216 Å². The van der Waals surface area contributed by atoms with Gasteiger partial charge in [0.05, 0.1) is 23.2 Å². The number of aliphatic imine (C=N–C) groups is 2. The van der Waals surface area contributed by atoms with E-state index in [-0.39, 0.29) is 22.8 Å². The molecule has 8 nitrogen and oxygen atoms in total. The number of thiophene rings is 1. The van der Waals surface area contributed by atoms with Gasteiger partial charge in [0.1, 0.15) is 27.9 Å². The van der Waals surface area contributed by atoms with Gasteiger partial charge in [-0.3, -0.25) is 14.8 Å². The number of carbonyl (C=O) groups is 1. The Morgan fingerprint density at radius 2 is 2.08 bits per heavy atom. The highest BCUT2D eigenvalue weighted by Gasteiger charge is 2.57. The predicted molar refractivity (Wildman–Crippen MR) is 138 cm³/mol. The van der Waals surface area contributed by atoms with Crippen molar-refractivity contribution >= 4 is 51.7 Å². The first kappa shape index (κ1) is 23.5. The molecule has 2 bridgehead atoms. The summed E-state index contributed by atoms with van der Waals surface area (Å²) in [5.74, 6) is -0.247. The number of carboxylic acid groups (broad SMARTS) is 1. The molecule has 2 unspecified atom stereocenters. The Balaban J connectivity index is 1.50. The van der Waals surface area contributed by atoms with Crippen molar-refractivity contribution in [3.05, 3.63) is 45.5 Å². The number of carboxylic acids is 1. The van der Waals surface area contributed by atoms with Crippen LogP contribution in [0.15, 0.2) is 39.9 Å². The fraction of sp³-hybridized carbons (Fsp3) is 0.480. The molecule has 0 aromatic carbocycles. The zero-order valence-electron chi connectivity index (χ0n) is 19.8. The minimum Gasteiger partial charge on any atom is -0.481 e. The molecule has 3 aromatic heterocycles. The fourth-order valence-electron chi connectivity index (χ4n) is 6.25. The Morgan fingerprint density at radius 1 is 1.31 bits per heavy atom. The number of fused-ring (bicyclic) bond motifs is 4. The standard InChI is InChI=1S/C25H26ClFN6O2S/c1-24(23(34)35)13-7-5-12(6-8-13)19(24)31-22-18(27)25(2,15-4-3-9-36-15)33-20(32-22)14-10-28-21-17(14)30-16(26)11-29-21/h3-4,9-13,18-19H,5-8H2,1-2H3,(H,28,29)(H,34,35)(H,31,32,33)/t12?,13?,18?,19-,24-,25?/m0/s1. The molecule has 36 heavy (non-hydrogen) atoms. The second kappa shape index (κ2) is 8.34. The van der Waals surface area contributed by atoms with Crippen LogP contribution in [-0.2, 0) is 10.3 Å². The lowest BCUT2D eigenvalue weighted by atomic mass is 9.54. The molecule has 188 valence electrons. The first-order valence-corrected chi connectivity index (χ1v) is 13.3. The third-order valence-electron chi connectivity index (χ3n) is 8.37. The van der Waals surface area contributed by atoms with Crippen LogP contribution in [0.3, 0.4) is 0 Å². The topological polar surface area (TPSA) is 116 Å². The van der Waals surface area contributed by atoms with Gasteiger partial charge < -0.3 is 15.4 Å². The average Bonchev–Trinajstić information content (AvgIpc) is 3.55. The molecule has 1 aliphatic heterocycles. The van der Waals surface area contributed by atoms with Crippen LogP contribution in [0.25, 0.3) is 11.2 Å². The van der Waals surface area contributed by atoms with Gasteiger partial charge in [-0.15, -0.1) is 11.3 Å². The van der Waals surface area contributed by atoms with Crippen LogP contribution in [0, 0.1) is 17.3 Å². The molecule has 7 rings (SSSR count). The highest BCUT2D eigenvalue weighted by atomic mass is 35.5. The van der Waals surface area contributed by atoms with Crippen LogP contribution < -0.4 is 5.32 Å². The number of alkyl halides is 1. The number of aliphatic carboxylic acids is 1. The van der Waals surface area contributed by atoms with Gasteiger partial charge in [0.15, 0.2) is 11.8 Å². The molecule has 0 spiro atoms. The van der Waals surface area contributed by atoms with E-state index in [1.165, 1.54) is 17.5 Å². The first-order valence-electron chi connectivity index (χ1n) is 12.1. The van der Waals surface area contributed by atoms with E-state index in [0.717, 1.165) is 30.6 Å². The molecule has 0 saturated heterocycles. The molecule has 3 aromatic rings. The quantitative estimate of drug-likeness (QED) is 0.443. The maximum Gasteiger partial charge on any atom is 0.311 e. The van der Waals surface area contributed by atoms with Gasteiger partial charge in [-0.05, 0) is 62.8 Å². The van der Waals surface area contributed by atoms with E-state index in [4.69, 9.17) is 21.6 Å². The summed E-state index contributed by atoms with van der Waals surface area (Å²) in [5, 5.41) is 15.5. The molecule has 4 atom stereocenters. The van der Waals surface area contributed by atoms with Crippen LogP contribution >= 0.6 is 22.9 Å². The van der Waals surface area contributed by atoms with E-state index in [0.29, 0.717) is 22.6 Å². The molecule has 4 heterocycles. The largest absolute Gasteiger partial charge is 0.481 e. The number of nitrogens with zero attached hydrogens (tertiary/aromatic N) is 4. The number of nitrogens with one attached hydrogen (secondary N) is 2. The third kappa shape index (κ3) is 3.41. The van der Waals surface area contributed by atoms with Gasteiger partial charge in [-0.2, -0.15) is 0 Å². The first-order chi connectivity index (χ1) is 17.2. The number of halogens is 2. The molecule has 3 aliphatic carbocycles. The van der Waals surface area contributed by atoms with E-state index < -0.39 is 29.1 Å². The molecule has 11 heteroatoms. The zero-order chi connectivity index (χ0) is 25.2. The van der Waals surface area contributed by atoms with E-state index in [2.05, 4.69) is 20.3 Å². The van der Waals surface area contributed by atoms with Crippen LogP contribution in [0.2, 0.25) is 5.15 Å². The Hall–Kier alpha value is -2.85. The van der Waals surface area contributed by atoms with Crippen molar-refractivity contribution in [1.82, 2.24) is 20.3 Å². The lowest BCUT2D eigenvalue weighted by Gasteiger charge is -2.52. The monoisotopic (exact) mass is 528 g/mol. The highest BCUT2D eigenvalue weighted by molar-refractivity contribution is 7.10. The van der Waals surface area contributed by atoms with Gasteiger partial charge in [0.2, 0.25) is 0 Å². The van der Waals surface area contributed by atoms with Gasteiger partial charge in [-0.1, -0.05) is 17.7 Å². The van der Waals surface area contributed by atoms with Crippen molar-refractivity contribution in [3.63, 3.8) is 0 Å². The van der Waals surface area contributed by atoms with Crippen molar-refractivity contribution in [2.45, 2.75) is 57.3 Å². The fourth-order valence-corrected chi connectivity index (χ4v) is 7.23. The van der Waals surface area contributed by atoms with Gasteiger partial charge in [0, 0.05) is 11.1 Å². The average molecular weight is 529 g/mol. The molecule has 0 amide bonds. The van der Waals surface area contributed by atoms with Crippen molar-refractivity contribution in [2.24, 2.45) is 27.2 Å². The number of rotatable bonds is 4. The summed E-state index contributed by atoms with van der Waals surface area (Å²) < 4.78 is 16.4. The van der Waals surface area contributed by atoms with E-state index >= 15 is 4.39 Å². The zero-order valence-corrected chi connectivity index (χ0v) is 21.4. The summed E-state index contributed by atoms with van der Waals surface area (Å²) in [6.07, 6.45) is 5.13. The number of amidine groups is 2. The van der Waals surface area contributed by atoms with E-state index in [1.54, 1.807) is 20.0 Å². The summed E-state index contributed by atoms with van der Waals surface area (Å²) >= 11 is 7.54. The number of hydrogen-bond acceptors (Lipinski definition) is 6. The van der Waals surface area contributed by atoms with Gasteiger partial charge in [-0.25, -0.2) is 14.4 Å². The third-order valence-corrected chi connectivity index (χ3v) is 9.65. The highest BCUT2D eigenvalue weighted by Crippen LogP contribution is 2.54. The molecule has 3 N–H and O–H groups in total. The number of aromatic amines is 1. The van der Waals surface area contributed by atoms with Crippen molar-refractivity contribution in [3.8, 4) is 0 Å². The van der Waals surface area contributed by atoms with Crippen LogP contribution in [0.5, 0.6) is 0 Å². The summed E-state index contributed by atoms with van der Waals surface area (Å²) in [6.45, 7) is 3.53. The maximum absolute atomic E-state index is 16.4. The van der Waals surface area contributed by atoms with Crippen LogP contribution in [0.1, 0.15) is 50.0 Å². The molecular weight excluding hydrogens is 503 g/mol. The Bertz CT molecular complexity index is 1400. The van der Waals surface area contributed by atoms with Crippen LogP contribution in [0.4, 0.5) is 4.39 Å². The molecule has 0 radical (unpaired) electrons. The van der Waals surface area contributed by atoms with Crippen molar-refractivity contribution < 1.29 is 14.3 Å². The number of H-pyrrole nitrogens is 1. The summed E-state index contributed by atoms with van der Waals surface area (Å²) in [4.78, 5) is 34.7. The Morgan fingerprint density at radius 3 is 2.78 bits per heavy atom. The normalized spacial score (nSPS) is 35.1. The van der Waals surface area contributed by atoms with Crippen molar-refractivity contribution in [1.29, 1.82) is 0 Å². The summed E-state index contributed by atoms with van der Waals surface area (Å²) in [5.41, 5.74) is -0.667. The summed E-state index contributed by atoms with van der Waals surface area (Å²) in [6, 6.07) is 3.20. The SMILES string of the molecule is CC1(c2cccs2)N=C(c2c[nH]c3ncc(Cl)nc23)NC(=N[C@H]2C3CCC(CC3)[C@]2(C)C(=O)O)C1F. The summed E-state index contributed by atoms with van der Waals surface area (Å²) in [7, 11) is 0. The minimum absolute atomic E-state index is 0.0267. The lowest BCUT2D eigenvalue weighted by Crippen LogP contribution is -2.58. The Kier molecular flexibility index (Phi) is 5.46.